The minimum atomic E-state index is -0.947. The third-order valence-corrected chi connectivity index (χ3v) is 7.39. The van der Waals surface area contributed by atoms with Crippen molar-refractivity contribution in [1.29, 1.82) is 0 Å². The predicted octanol–water partition coefficient (Wildman–Crippen LogP) is 5.66. The van der Waals surface area contributed by atoms with Crippen molar-refractivity contribution >= 4 is 29.0 Å². The molecule has 3 N–H and O–H groups in total. The van der Waals surface area contributed by atoms with Crippen LogP contribution in [0.3, 0.4) is 0 Å². The van der Waals surface area contributed by atoms with Gasteiger partial charge in [-0.15, -0.1) is 0 Å². The minimum absolute atomic E-state index is 0.0916. The molecule has 2 aromatic heterocycles. The van der Waals surface area contributed by atoms with Gasteiger partial charge in [0.25, 0.3) is 0 Å². The Hall–Kier alpha value is -4.17. The molecular weight excluding hydrogens is 494 g/mol. The van der Waals surface area contributed by atoms with Crippen LogP contribution in [-0.4, -0.2) is 43.7 Å². The van der Waals surface area contributed by atoms with Crippen molar-refractivity contribution in [2.75, 3.05) is 18.4 Å². The molecule has 0 radical (unpaired) electrons. The molecule has 1 fully saturated rings. The molecule has 0 amide bonds. The van der Waals surface area contributed by atoms with Gasteiger partial charge in [0.15, 0.2) is 5.11 Å². The zero-order chi connectivity index (χ0) is 26.6. The summed E-state index contributed by atoms with van der Waals surface area (Å²) in [4.78, 5) is 18.9. The van der Waals surface area contributed by atoms with Crippen LogP contribution in [0.2, 0.25) is 0 Å². The van der Waals surface area contributed by atoms with E-state index in [1.165, 1.54) is 0 Å². The van der Waals surface area contributed by atoms with Gasteiger partial charge >= 0.3 is 5.97 Å². The van der Waals surface area contributed by atoms with Crippen LogP contribution < -0.4 is 10.6 Å². The number of carboxylic acid groups (broad SMARTS) is 1. The first-order chi connectivity index (χ1) is 18.5. The molecule has 38 heavy (non-hydrogen) atoms. The van der Waals surface area contributed by atoms with E-state index in [-0.39, 0.29) is 17.6 Å². The predicted molar refractivity (Wildman–Crippen MR) is 154 cm³/mol. The summed E-state index contributed by atoms with van der Waals surface area (Å²) in [6, 6.07) is 25.1. The number of pyridine rings is 1. The highest BCUT2D eigenvalue weighted by Gasteiger charge is 2.41. The molecule has 0 saturated carbocycles. The summed E-state index contributed by atoms with van der Waals surface area (Å²) >= 11 is 5.85. The number of benzene rings is 2. The molecule has 1 aliphatic heterocycles. The van der Waals surface area contributed by atoms with Crippen LogP contribution in [0.4, 0.5) is 5.69 Å². The number of hydrogen-bond acceptors (Lipinski definition) is 4. The Morgan fingerprint density at radius 2 is 1.79 bits per heavy atom. The number of hydrogen-bond donors (Lipinski definition) is 3. The zero-order valence-electron chi connectivity index (χ0n) is 21.5. The minimum Gasteiger partial charge on any atom is -0.478 e. The van der Waals surface area contributed by atoms with Crippen LogP contribution in [0, 0.1) is 13.8 Å². The Kier molecular flexibility index (Phi) is 7.42. The van der Waals surface area contributed by atoms with E-state index in [2.05, 4.69) is 38.7 Å². The van der Waals surface area contributed by atoms with Gasteiger partial charge in [0.05, 0.1) is 29.0 Å². The molecule has 1 aliphatic rings. The van der Waals surface area contributed by atoms with E-state index in [1.54, 1.807) is 18.3 Å². The van der Waals surface area contributed by atoms with E-state index in [1.807, 2.05) is 66.9 Å². The third-order valence-electron chi connectivity index (χ3n) is 7.04. The lowest BCUT2D eigenvalue weighted by atomic mass is 9.96. The highest BCUT2D eigenvalue weighted by Crippen LogP contribution is 2.41. The first kappa shape index (κ1) is 25.5. The molecule has 4 aromatic rings. The van der Waals surface area contributed by atoms with Crippen LogP contribution in [0.15, 0.2) is 85.1 Å². The summed E-state index contributed by atoms with van der Waals surface area (Å²) < 4.78 is 2.03. The van der Waals surface area contributed by atoms with Crippen LogP contribution in [-0.2, 0) is 0 Å². The molecule has 3 heterocycles. The van der Waals surface area contributed by atoms with E-state index in [4.69, 9.17) is 12.2 Å². The maximum Gasteiger partial charge on any atom is 0.337 e. The van der Waals surface area contributed by atoms with Crippen molar-refractivity contribution in [2.45, 2.75) is 32.4 Å². The standard InChI is InChI=1S/C30H31N5O2S/c1-20-19-24(21(2)35(20)26-15-7-6-13-23(26)29(36)37)28-27(25-14-8-9-16-32-25)33-30(38)34(28)18-10-17-31-22-11-4-3-5-12-22/h3-9,11-16,19,27-28,31H,10,17-18H2,1-2H3,(H,33,38)(H,36,37)/t27-,28-/m1/s1. The molecule has 7 nitrogen and oxygen atoms in total. The molecule has 0 aliphatic carbocycles. The average molecular weight is 526 g/mol. The van der Waals surface area contributed by atoms with Gasteiger partial charge < -0.3 is 25.2 Å². The Bertz CT molecular complexity index is 1440. The van der Waals surface area contributed by atoms with E-state index in [0.717, 1.165) is 47.8 Å². The highest BCUT2D eigenvalue weighted by atomic mass is 32.1. The summed E-state index contributed by atoms with van der Waals surface area (Å²) in [5.41, 5.74) is 5.99. The van der Waals surface area contributed by atoms with E-state index in [9.17, 15) is 9.90 Å². The molecule has 8 heteroatoms. The fourth-order valence-electron chi connectivity index (χ4n) is 5.33. The van der Waals surface area contributed by atoms with Crippen LogP contribution >= 0.6 is 12.2 Å². The van der Waals surface area contributed by atoms with Crippen molar-refractivity contribution in [3.63, 3.8) is 0 Å². The first-order valence-corrected chi connectivity index (χ1v) is 13.1. The second kappa shape index (κ2) is 11.1. The fraction of sp³-hybridized carbons (Fsp3) is 0.233. The monoisotopic (exact) mass is 525 g/mol. The summed E-state index contributed by atoms with van der Waals surface area (Å²) in [5.74, 6) is -0.947. The lowest BCUT2D eigenvalue weighted by Crippen LogP contribution is -2.31. The van der Waals surface area contributed by atoms with Crippen molar-refractivity contribution < 1.29 is 9.90 Å². The largest absolute Gasteiger partial charge is 0.478 e. The van der Waals surface area contributed by atoms with Crippen LogP contribution in [0.25, 0.3) is 5.69 Å². The second-order valence-corrected chi connectivity index (χ2v) is 9.84. The van der Waals surface area contributed by atoms with Gasteiger partial charge in [-0.05, 0) is 80.5 Å². The summed E-state index contributed by atoms with van der Waals surface area (Å²) in [6.45, 7) is 5.64. The smallest absolute Gasteiger partial charge is 0.337 e. The number of nitrogens with one attached hydrogen (secondary N) is 2. The quantitative estimate of drug-likeness (QED) is 0.192. The van der Waals surface area contributed by atoms with Gasteiger partial charge in [-0.1, -0.05) is 36.4 Å². The average Bonchev–Trinajstić information content (AvgIpc) is 3.41. The van der Waals surface area contributed by atoms with Gasteiger partial charge in [0.1, 0.15) is 0 Å². The highest BCUT2D eigenvalue weighted by molar-refractivity contribution is 7.80. The fourth-order valence-corrected chi connectivity index (χ4v) is 5.66. The number of anilines is 1. The number of aromatic nitrogens is 2. The van der Waals surface area contributed by atoms with E-state index >= 15 is 0 Å². The Morgan fingerprint density at radius 3 is 2.53 bits per heavy atom. The van der Waals surface area contributed by atoms with Gasteiger partial charge in [0, 0.05) is 36.4 Å². The molecule has 2 atom stereocenters. The topological polar surface area (TPSA) is 82.4 Å². The van der Waals surface area contributed by atoms with E-state index in [0.29, 0.717) is 10.8 Å². The van der Waals surface area contributed by atoms with Gasteiger partial charge in [0.2, 0.25) is 0 Å². The first-order valence-electron chi connectivity index (χ1n) is 12.7. The molecule has 0 spiro atoms. The summed E-state index contributed by atoms with van der Waals surface area (Å²) in [5, 5.41) is 17.5. The zero-order valence-corrected chi connectivity index (χ0v) is 22.3. The maximum atomic E-state index is 12.0. The van der Waals surface area contributed by atoms with E-state index < -0.39 is 5.97 Å². The summed E-state index contributed by atoms with van der Waals surface area (Å²) in [6.07, 6.45) is 2.69. The Balaban J connectivity index is 1.49. The van der Waals surface area contributed by atoms with Crippen molar-refractivity contribution in [2.24, 2.45) is 0 Å². The van der Waals surface area contributed by atoms with Crippen molar-refractivity contribution in [3.05, 3.63) is 113 Å². The molecule has 194 valence electrons. The molecule has 0 bridgehead atoms. The normalized spacial score (nSPS) is 16.9. The number of nitrogens with zero attached hydrogens (tertiary/aromatic N) is 3. The molecule has 2 aromatic carbocycles. The number of thiocarbonyl (C=S) groups is 1. The van der Waals surface area contributed by atoms with Crippen molar-refractivity contribution in [3.8, 4) is 5.69 Å². The van der Waals surface area contributed by atoms with Crippen molar-refractivity contribution in [1.82, 2.24) is 19.8 Å². The number of rotatable bonds is 9. The molecule has 0 unspecified atom stereocenters. The number of carbonyl (C=O) groups is 1. The summed E-state index contributed by atoms with van der Waals surface area (Å²) in [7, 11) is 0. The Labute approximate surface area is 228 Å². The SMILES string of the molecule is Cc1cc([C@@H]2[C@@H](c3ccccn3)NC(=S)N2CCCNc2ccccc2)c(C)n1-c1ccccc1C(=O)O. The van der Waals surface area contributed by atoms with Gasteiger partial charge in [-0.2, -0.15) is 0 Å². The third kappa shape index (κ3) is 4.99. The molecule has 5 rings (SSSR count). The lowest BCUT2D eigenvalue weighted by Gasteiger charge is -2.28. The Morgan fingerprint density at radius 1 is 1.05 bits per heavy atom. The van der Waals surface area contributed by atoms with Crippen LogP contribution in [0.1, 0.15) is 51.5 Å². The lowest BCUT2D eigenvalue weighted by molar-refractivity contribution is 0.0697. The molecule has 1 saturated heterocycles. The number of carboxylic acids is 1. The number of aromatic carboxylic acids is 1. The number of para-hydroxylation sites is 2. The molecular formula is C30H31N5O2S. The van der Waals surface area contributed by atoms with Crippen LogP contribution in [0.5, 0.6) is 0 Å². The van der Waals surface area contributed by atoms with Gasteiger partial charge in [-0.25, -0.2) is 4.79 Å². The number of aryl methyl sites for hydroxylation is 1. The van der Waals surface area contributed by atoms with Gasteiger partial charge in [-0.3, -0.25) is 4.98 Å². The maximum absolute atomic E-state index is 12.0. The second-order valence-electron chi connectivity index (χ2n) is 9.45.